The normalized spacial score (nSPS) is 13.4. The number of carbonyl (C=O) groups excluding carboxylic acids is 1. The maximum Gasteiger partial charge on any atom is 0.271 e. The number of sulfonamides is 1. The maximum absolute atomic E-state index is 13.0. The molecule has 6 nitrogen and oxygen atoms in total. The van der Waals surface area contributed by atoms with Crippen molar-refractivity contribution in [3.8, 4) is 11.5 Å². The van der Waals surface area contributed by atoms with E-state index in [4.69, 9.17) is 4.74 Å². The van der Waals surface area contributed by atoms with E-state index in [0.29, 0.717) is 35.0 Å². The van der Waals surface area contributed by atoms with Gasteiger partial charge in [0, 0.05) is 12.2 Å². The Morgan fingerprint density at radius 2 is 1.89 bits per heavy atom. The quantitative estimate of drug-likeness (QED) is 0.708. The van der Waals surface area contributed by atoms with Gasteiger partial charge in [-0.15, -0.1) is 11.3 Å². The van der Waals surface area contributed by atoms with Gasteiger partial charge in [0.15, 0.2) is 5.75 Å². The van der Waals surface area contributed by atoms with Crippen LogP contribution < -0.4 is 14.4 Å². The topological polar surface area (TPSA) is 75.7 Å². The van der Waals surface area contributed by atoms with E-state index in [-0.39, 0.29) is 10.1 Å². The van der Waals surface area contributed by atoms with Gasteiger partial charge in [0.25, 0.3) is 15.9 Å². The van der Waals surface area contributed by atoms with Crippen molar-refractivity contribution < 1.29 is 17.9 Å². The Kier molecular flexibility index (Phi) is 4.37. The number of nitrogens with zero attached hydrogens (tertiary/aromatic N) is 1. The highest BCUT2D eigenvalue weighted by atomic mass is 32.2. The monoisotopic (exact) mass is 400 g/mol. The van der Waals surface area contributed by atoms with Crippen LogP contribution in [0.2, 0.25) is 0 Å². The number of nitrogens with one attached hydrogen (secondary N) is 1. The van der Waals surface area contributed by atoms with Gasteiger partial charge in [-0.05, 0) is 48.7 Å². The third-order valence-electron chi connectivity index (χ3n) is 4.16. The van der Waals surface area contributed by atoms with Crippen molar-refractivity contribution in [1.82, 2.24) is 0 Å². The molecule has 1 aromatic heterocycles. The molecule has 4 rings (SSSR count). The molecule has 0 radical (unpaired) electrons. The van der Waals surface area contributed by atoms with E-state index in [2.05, 4.69) is 4.72 Å². The van der Waals surface area contributed by atoms with Crippen LogP contribution >= 0.6 is 11.3 Å². The number of anilines is 2. The Balaban J connectivity index is 1.74. The van der Waals surface area contributed by atoms with E-state index in [1.165, 1.54) is 12.1 Å². The number of rotatable bonds is 4. The second-order valence-electron chi connectivity index (χ2n) is 5.87. The standard InChI is InChI=1S/C19H16N2O4S2/c1-2-21-15-6-3-4-7-17(15)25-16-10-9-13(12-14(16)19(21)22)20-27(23,24)18-8-5-11-26-18/h3-12,20H,2H2,1H3. The molecule has 0 saturated carbocycles. The molecule has 1 aliphatic heterocycles. The molecule has 0 aliphatic carbocycles. The smallest absolute Gasteiger partial charge is 0.271 e. The van der Waals surface area contributed by atoms with Crippen LogP contribution in [0.5, 0.6) is 11.5 Å². The lowest BCUT2D eigenvalue weighted by Gasteiger charge is -2.19. The van der Waals surface area contributed by atoms with Crippen molar-refractivity contribution in [2.45, 2.75) is 11.1 Å². The molecule has 2 heterocycles. The van der Waals surface area contributed by atoms with Gasteiger partial charge >= 0.3 is 0 Å². The first-order valence-corrected chi connectivity index (χ1v) is 10.6. The van der Waals surface area contributed by atoms with Crippen LogP contribution in [0.4, 0.5) is 11.4 Å². The van der Waals surface area contributed by atoms with Gasteiger partial charge in [-0.1, -0.05) is 18.2 Å². The predicted octanol–water partition coefficient (Wildman–Crippen LogP) is 4.32. The van der Waals surface area contributed by atoms with Crippen LogP contribution in [-0.4, -0.2) is 20.9 Å². The van der Waals surface area contributed by atoms with Crippen molar-refractivity contribution in [3.63, 3.8) is 0 Å². The van der Waals surface area contributed by atoms with Crippen LogP contribution in [0.25, 0.3) is 0 Å². The number of ether oxygens (including phenoxy) is 1. The van der Waals surface area contributed by atoms with Gasteiger partial charge in [-0.25, -0.2) is 8.42 Å². The summed E-state index contributed by atoms with van der Waals surface area (Å²) in [5.41, 5.74) is 1.29. The molecule has 0 fully saturated rings. The van der Waals surface area contributed by atoms with Gasteiger partial charge < -0.3 is 9.64 Å². The first kappa shape index (κ1) is 17.6. The first-order chi connectivity index (χ1) is 13.0. The van der Waals surface area contributed by atoms with E-state index < -0.39 is 10.0 Å². The molecule has 0 bridgehead atoms. The van der Waals surface area contributed by atoms with E-state index in [9.17, 15) is 13.2 Å². The Morgan fingerprint density at radius 3 is 2.63 bits per heavy atom. The molecular weight excluding hydrogens is 384 g/mol. The van der Waals surface area contributed by atoms with Crippen molar-refractivity contribution in [2.24, 2.45) is 0 Å². The lowest BCUT2D eigenvalue weighted by molar-refractivity contribution is 0.0988. The number of hydrogen-bond donors (Lipinski definition) is 1. The van der Waals surface area contributed by atoms with Gasteiger partial charge in [0.1, 0.15) is 9.96 Å². The minimum atomic E-state index is -3.69. The number of benzene rings is 2. The van der Waals surface area contributed by atoms with Crippen molar-refractivity contribution in [2.75, 3.05) is 16.2 Å². The zero-order chi connectivity index (χ0) is 19.0. The number of para-hydroxylation sites is 2. The largest absolute Gasteiger partial charge is 0.454 e. The zero-order valence-electron chi connectivity index (χ0n) is 14.4. The molecule has 0 unspecified atom stereocenters. The highest BCUT2D eigenvalue weighted by Crippen LogP contribution is 2.39. The summed E-state index contributed by atoms with van der Waals surface area (Å²) < 4.78 is 33.6. The second-order valence-corrected chi connectivity index (χ2v) is 8.72. The summed E-state index contributed by atoms with van der Waals surface area (Å²) in [5.74, 6) is 0.732. The first-order valence-electron chi connectivity index (χ1n) is 8.29. The molecule has 27 heavy (non-hydrogen) atoms. The maximum atomic E-state index is 13.0. The molecule has 1 N–H and O–H groups in total. The third kappa shape index (κ3) is 3.17. The third-order valence-corrected chi connectivity index (χ3v) is 6.94. The van der Waals surface area contributed by atoms with E-state index in [1.54, 1.807) is 34.5 Å². The molecule has 0 atom stereocenters. The van der Waals surface area contributed by atoms with Crippen molar-refractivity contribution in [1.29, 1.82) is 0 Å². The Morgan fingerprint density at radius 1 is 1.07 bits per heavy atom. The van der Waals surface area contributed by atoms with E-state index in [1.807, 2.05) is 25.1 Å². The minimum absolute atomic E-state index is 0.211. The summed E-state index contributed by atoms with van der Waals surface area (Å²) in [4.78, 5) is 14.7. The van der Waals surface area contributed by atoms with E-state index in [0.717, 1.165) is 11.3 Å². The van der Waals surface area contributed by atoms with Gasteiger partial charge in [-0.3, -0.25) is 9.52 Å². The number of carbonyl (C=O) groups is 1. The lowest BCUT2D eigenvalue weighted by Crippen LogP contribution is -2.29. The van der Waals surface area contributed by atoms with Crippen LogP contribution in [-0.2, 0) is 10.0 Å². The number of amides is 1. The summed E-state index contributed by atoms with van der Waals surface area (Å²) >= 11 is 1.13. The molecular formula is C19H16N2O4S2. The minimum Gasteiger partial charge on any atom is -0.454 e. The predicted molar refractivity (Wildman–Crippen MR) is 105 cm³/mol. The van der Waals surface area contributed by atoms with Gasteiger partial charge in [-0.2, -0.15) is 0 Å². The number of hydrogen-bond acceptors (Lipinski definition) is 5. The average Bonchev–Trinajstić information content (AvgIpc) is 3.17. The lowest BCUT2D eigenvalue weighted by atomic mass is 10.1. The highest BCUT2D eigenvalue weighted by Gasteiger charge is 2.28. The molecule has 0 saturated heterocycles. The van der Waals surface area contributed by atoms with Crippen LogP contribution in [0.1, 0.15) is 17.3 Å². The Bertz CT molecular complexity index is 1110. The molecule has 0 spiro atoms. The summed E-state index contributed by atoms with van der Waals surface area (Å²) in [6, 6.07) is 15.2. The number of thiophene rings is 1. The van der Waals surface area contributed by atoms with Crippen LogP contribution in [0.15, 0.2) is 64.2 Å². The molecule has 138 valence electrons. The van der Waals surface area contributed by atoms with Gasteiger partial charge in [0.05, 0.1) is 11.3 Å². The second kappa shape index (κ2) is 6.71. The summed E-state index contributed by atoms with van der Waals surface area (Å²) in [5, 5.41) is 1.69. The summed E-state index contributed by atoms with van der Waals surface area (Å²) in [7, 11) is -3.69. The van der Waals surface area contributed by atoms with E-state index >= 15 is 0 Å². The molecule has 3 aromatic rings. The summed E-state index contributed by atoms with van der Waals surface area (Å²) in [6.07, 6.45) is 0. The summed E-state index contributed by atoms with van der Waals surface area (Å²) in [6.45, 7) is 2.34. The van der Waals surface area contributed by atoms with Crippen LogP contribution in [0.3, 0.4) is 0 Å². The molecule has 1 amide bonds. The SMILES string of the molecule is CCN1C(=O)c2cc(NS(=O)(=O)c3cccs3)ccc2Oc2ccccc21. The zero-order valence-corrected chi connectivity index (χ0v) is 16.0. The Hall–Kier alpha value is -2.84. The van der Waals surface area contributed by atoms with Crippen LogP contribution in [0, 0.1) is 0 Å². The highest BCUT2D eigenvalue weighted by molar-refractivity contribution is 7.94. The molecule has 2 aromatic carbocycles. The fourth-order valence-electron chi connectivity index (χ4n) is 2.93. The van der Waals surface area contributed by atoms with Crippen molar-refractivity contribution in [3.05, 3.63) is 65.5 Å². The Labute approximate surface area is 161 Å². The average molecular weight is 400 g/mol. The molecule has 1 aliphatic rings. The van der Waals surface area contributed by atoms with Crippen molar-refractivity contribution >= 4 is 38.6 Å². The fraction of sp³-hybridized carbons (Fsp3) is 0.105. The number of fused-ring (bicyclic) bond motifs is 2. The fourth-order valence-corrected chi connectivity index (χ4v) is 4.97. The molecule has 8 heteroatoms. The van der Waals surface area contributed by atoms with Gasteiger partial charge in [0.2, 0.25) is 0 Å².